The maximum atomic E-state index is 4.37. The molecule has 0 aromatic carbocycles. The molecule has 4 heteroatoms. The van der Waals surface area contributed by atoms with Crippen LogP contribution in [0, 0.1) is 12.3 Å². The maximum absolute atomic E-state index is 4.37. The highest BCUT2D eigenvalue weighted by Crippen LogP contribution is 2.20. The first-order valence-electron chi connectivity index (χ1n) is 7.20. The zero-order valence-corrected chi connectivity index (χ0v) is 12.7. The van der Waals surface area contributed by atoms with E-state index in [9.17, 15) is 0 Å². The number of hydrogen-bond donors (Lipinski definition) is 0. The van der Waals surface area contributed by atoms with Gasteiger partial charge in [-0.3, -0.25) is 4.90 Å². The number of anilines is 1. The molecule has 0 unspecified atom stereocenters. The molecular weight excluding hydrogens is 236 g/mol. The van der Waals surface area contributed by atoms with Crippen LogP contribution in [0.15, 0.2) is 12.4 Å². The fraction of sp³-hybridized carbons (Fsp3) is 0.733. The van der Waals surface area contributed by atoms with E-state index >= 15 is 0 Å². The second-order valence-electron chi connectivity index (χ2n) is 6.66. The molecule has 0 radical (unpaired) electrons. The van der Waals surface area contributed by atoms with Gasteiger partial charge in [0.2, 0.25) is 0 Å². The summed E-state index contributed by atoms with van der Waals surface area (Å²) in [5, 5.41) is 0. The molecule has 0 saturated carbocycles. The third kappa shape index (κ3) is 4.46. The Balaban J connectivity index is 1.82. The molecule has 2 heterocycles. The number of nitrogens with zero attached hydrogens (tertiary/aromatic N) is 4. The monoisotopic (exact) mass is 262 g/mol. The van der Waals surface area contributed by atoms with Gasteiger partial charge in [-0.05, 0) is 25.3 Å². The molecule has 1 aromatic rings. The number of hydrogen-bond acceptors (Lipinski definition) is 4. The second kappa shape index (κ2) is 5.87. The van der Waals surface area contributed by atoms with Crippen LogP contribution in [0.5, 0.6) is 0 Å². The van der Waals surface area contributed by atoms with Gasteiger partial charge in [0.15, 0.2) is 0 Å². The van der Waals surface area contributed by atoms with Crippen molar-refractivity contribution in [3.63, 3.8) is 0 Å². The zero-order valence-electron chi connectivity index (χ0n) is 12.7. The van der Waals surface area contributed by atoms with E-state index in [2.05, 4.69) is 46.6 Å². The van der Waals surface area contributed by atoms with Gasteiger partial charge >= 0.3 is 0 Å². The smallest absolute Gasteiger partial charge is 0.132 e. The lowest BCUT2D eigenvalue weighted by Gasteiger charge is -2.36. The summed E-state index contributed by atoms with van der Waals surface area (Å²) in [5.41, 5.74) is 1.47. The molecule has 1 aliphatic heterocycles. The van der Waals surface area contributed by atoms with E-state index in [1.165, 1.54) is 13.0 Å². The highest BCUT2D eigenvalue weighted by Gasteiger charge is 2.19. The molecule has 0 aliphatic carbocycles. The molecule has 0 N–H and O–H groups in total. The Morgan fingerprint density at radius 1 is 1.11 bits per heavy atom. The van der Waals surface area contributed by atoms with Gasteiger partial charge in [-0.25, -0.2) is 9.97 Å². The summed E-state index contributed by atoms with van der Waals surface area (Å²) < 4.78 is 0. The Morgan fingerprint density at radius 3 is 2.37 bits per heavy atom. The minimum atomic E-state index is 0.431. The molecule has 1 saturated heterocycles. The van der Waals surface area contributed by atoms with Gasteiger partial charge in [0, 0.05) is 37.9 Å². The van der Waals surface area contributed by atoms with E-state index in [1.807, 2.05) is 6.92 Å². The van der Waals surface area contributed by atoms with E-state index in [-0.39, 0.29) is 0 Å². The largest absolute Gasteiger partial charge is 0.354 e. The van der Waals surface area contributed by atoms with Gasteiger partial charge in [0.1, 0.15) is 12.1 Å². The highest BCUT2D eigenvalue weighted by molar-refractivity contribution is 5.39. The van der Waals surface area contributed by atoms with Crippen LogP contribution in [0.1, 0.15) is 32.9 Å². The number of aromatic nitrogens is 2. The molecule has 4 nitrogen and oxygen atoms in total. The fourth-order valence-electron chi connectivity index (χ4n) is 2.31. The first-order valence-corrected chi connectivity index (χ1v) is 7.20. The summed E-state index contributed by atoms with van der Waals surface area (Å²) in [6.07, 6.45) is 2.93. The van der Waals surface area contributed by atoms with Crippen LogP contribution in [-0.4, -0.2) is 47.6 Å². The van der Waals surface area contributed by atoms with Crippen molar-refractivity contribution in [3.05, 3.63) is 18.1 Å². The van der Waals surface area contributed by atoms with Gasteiger partial charge in [0.25, 0.3) is 0 Å². The molecule has 0 atom stereocenters. The van der Waals surface area contributed by atoms with Crippen molar-refractivity contribution in [2.75, 3.05) is 37.6 Å². The minimum Gasteiger partial charge on any atom is -0.354 e. The van der Waals surface area contributed by atoms with E-state index in [1.54, 1.807) is 6.33 Å². The predicted molar refractivity (Wildman–Crippen MR) is 79.5 cm³/mol. The Bertz CT molecular complexity index is 403. The normalized spacial score (nSPS) is 17.8. The summed E-state index contributed by atoms with van der Waals surface area (Å²) >= 11 is 0. The Hall–Kier alpha value is -1.16. The maximum Gasteiger partial charge on any atom is 0.132 e. The van der Waals surface area contributed by atoms with Crippen molar-refractivity contribution >= 4 is 5.82 Å². The predicted octanol–water partition coefficient (Wildman–Crippen LogP) is 2.34. The lowest BCUT2D eigenvalue weighted by atomic mass is 9.92. The second-order valence-corrected chi connectivity index (χ2v) is 6.66. The average Bonchev–Trinajstić information content (AvgIpc) is 2.36. The van der Waals surface area contributed by atoms with Gasteiger partial charge in [-0.15, -0.1) is 0 Å². The Kier molecular flexibility index (Phi) is 4.40. The fourth-order valence-corrected chi connectivity index (χ4v) is 2.31. The van der Waals surface area contributed by atoms with Crippen LogP contribution in [0.25, 0.3) is 0 Å². The molecule has 19 heavy (non-hydrogen) atoms. The van der Waals surface area contributed by atoms with Crippen LogP contribution in [0.2, 0.25) is 0 Å². The summed E-state index contributed by atoms with van der Waals surface area (Å²) in [6.45, 7) is 14.6. The van der Waals surface area contributed by atoms with Crippen LogP contribution in [0.4, 0.5) is 5.82 Å². The van der Waals surface area contributed by atoms with Gasteiger partial charge < -0.3 is 4.90 Å². The lowest BCUT2D eigenvalue weighted by Crippen LogP contribution is -2.47. The van der Waals surface area contributed by atoms with Crippen molar-refractivity contribution in [2.45, 2.75) is 34.1 Å². The van der Waals surface area contributed by atoms with Crippen LogP contribution in [0.3, 0.4) is 0 Å². The topological polar surface area (TPSA) is 32.3 Å². The van der Waals surface area contributed by atoms with Gasteiger partial charge in [-0.2, -0.15) is 0 Å². The summed E-state index contributed by atoms with van der Waals surface area (Å²) in [4.78, 5) is 13.5. The van der Waals surface area contributed by atoms with E-state index < -0.39 is 0 Å². The van der Waals surface area contributed by atoms with Crippen LogP contribution < -0.4 is 4.90 Å². The molecule has 106 valence electrons. The summed E-state index contributed by atoms with van der Waals surface area (Å²) in [6, 6.07) is 2.07. The number of aryl methyl sites for hydroxylation is 1. The lowest BCUT2D eigenvalue weighted by molar-refractivity contribution is 0.217. The van der Waals surface area contributed by atoms with Crippen LogP contribution in [-0.2, 0) is 0 Å². The Morgan fingerprint density at radius 2 is 1.79 bits per heavy atom. The quantitative estimate of drug-likeness (QED) is 0.837. The van der Waals surface area contributed by atoms with Crippen molar-refractivity contribution in [1.29, 1.82) is 0 Å². The standard InChI is InChI=1S/C15H26N4/c1-13-11-14(17-12-16-13)19-9-7-18(8-10-19)6-5-15(2,3)4/h11-12H,5-10H2,1-4H3. The van der Waals surface area contributed by atoms with E-state index in [4.69, 9.17) is 0 Å². The minimum absolute atomic E-state index is 0.431. The van der Waals surface area contributed by atoms with Crippen molar-refractivity contribution in [2.24, 2.45) is 5.41 Å². The van der Waals surface area contributed by atoms with Crippen LogP contribution >= 0.6 is 0 Å². The summed E-state index contributed by atoms with van der Waals surface area (Å²) in [5.74, 6) is 1.07. The summed E-state index contributed by atoms with van der Waals surface area (Å²) in [7, 11) is 0. The number of piperazine rings is 1. The molecule has 0 spiro atoms. The molecular formula is C15H26N4. The first-order chi connectivity index (χ1) is 8.94. The highest BCUT2D eigenvalue weighted by atomic mass is 15.3. The zero-order chi connectivity index (χ0) is 13.9. The van der Waals surface area contributed by atoms with Crippen molar-refractivity contribution in [3.8, 4) is 0 Å². The first kappa shape index (κ1) is 14.3. The molecule has 0 bridgehead atoms. The third-order valence-electron chi connectivity index (χ3n) is 3.66. The number of rotatable bonds is 3. The SMILES string of the molecule is Cc1cc(N2CCN(CCC(C)(C)C)CC2)ncn1. The Labute approximate surface area is 116 Å². The average molecular weight is 262 g/mol. The molecule has 0 amide bonds. The molecule has 1 fully saturated rings. The van der Waals surface area contributed by atoms with E-state index in [0.717, 1.165) is 37.7 Å². The van der Waals surface area contributed by atoms with Crippen molar-refractivity contribution in [1.82, 2.24) is 14.9 Å². The van der Waals surface area contributed by atoms with Gasteiger partial charge in [0.05, 0.1) is 0 Å². The van der Waals surface area contributed by atoms with Crippen molar-refractivity contribution < 1.29 is 0 Å². The van der Waals surface area contributed by atoms with Gasteiger partial charge in [-0.1, -0.05) is 20.8 Å². The third-order valence-corrected chi connectivity index (χ3v) is 3.66. The molecule has 1 aliphatic rings. The molecule has 2 rings (SSSR count). The van der Waals surface area contributed by atoms with E-state index in [0.29, 0.717) is 5.41 Å². The molecule has 1 aromatic heterocycles.